The van der Waals surface area contributed by atoms with Crippen molar-refractivity contribution in [1.82, 2.24) is 10.2 Å². The van der Waals surface area contributed by atoms with Gasteiger partial charge in [0.1, 0.15) is 18.1 Å². The average Bonchev–Trinajstić information content (AvgIpc) is 2.89. The normalized spacial score (nSPS) is 13.0. The molecule has 2 aromatic rings. The van der Waals surface area contributed by atoms with Crippen LogP contribution in [0.5, 0.6) is 11.5 Å². The lowest BCUT2D eigenvalue weighted by atomic mass is 10.1. The van der Waals surface area contributed by atoms with Crippen LogP contribution in [0.25, 0.3) is 0 Å². The van der Waals surface area contributed by atoms with E-state index in [9.17, 15) is 9.59 Å². The lowest BCUT2D eigenvalue weighted by Crippen LogP contribution is -2.36. The van der Waals surface area contributed by atoms with Crippen LogP contribution in [-0.4, -0.2) is 43.1 Å². The number of ether oxygens (including phenoxy) is 2. The first-order valence-corrected chi connectivity index (χ1v) is 8.92. The minimum Gasteiger partial charge on any atom is -0.491 e. The number of anilines is 1. The minimum absolute atomic E-state index is 0.0316. The number of carbonyl (C=O) groups excluding carboxylic acids is 2. The monoisotopic (exact) mass is 369 g/mol. The van der Waals surface area contributed by atoms with Gasteiger partial charge >= 0.3 is 6.03 Å². The molecule has 0 bridgehead atoms. The predicted octanol–water partition coefficient (Wildman–Crippen LogP) is 2.63. The Morgan fingerprint density at radius 1 is 1.19 bits per heavy atom. The number of fused-ring (bicyclic) bond motifs is 1. The van der Waals surface area contributed by atoms with Crippen molar-refractivity contribution in [2.45, 2.75) is 13.5 Å². The van der Waals surface area contributed by atoms with Gasteiger partial charge in [-0.15, -0.1) is 0 Å². The summed E-state index contributed by atoms with van der Waals surface area (Å²) in [5.74, 6) is 1.26. The largest absolute Gasteiger partial charge is 0.491 e. The van der Waals surface area contributed by atoms with Crippen molar-refractivity contribution in [3.05, 3.63) is 54.1 Å². The molecule has 1 heterocycles. The molecule has 1 aliphatic heterocycles. The molecule has 0 spiro atoms. The van der Waals surface area contributed by atoms with Crippen molar-refractivity contribution in [2.24, 2.45) is 0 Å². The number of carbonyl (C=O) groups is 2. The van der Waals surface area contributed by atoms with E-state index in [1.165, 1.54) is 0 Å². The summed E-state index contributed by atoms with van der Waals surface area (Å²) < 4.78 is 11.3. The van der Waals surface area contributed by atoms with Gasteiger partial charge in [0.2, 0.25) is 0 Å². The van der Waals surface area contributed by atoms with Gasteiger partial charge in [0.05, 0.1) is 6.54 Å². The Balaban J connectivity index is 1.65. The molecule has 0 fully saturated rings. The molecule has 0 aromatic heterocycles. The number of para-hydroxylation sites is 1. The third kappa shape index (κ3) is 5.13. The molecule has 0 saturated heterocycles. The molecule has 3 rings (SSSR count). The Morgan fingerprint density at radius 2 is 2.00 bits per heavy atom. The van der Waals surface area contributed by atoms with E-state index in [-0.39, 0.29) is 18.5 Å². The highest BCUT2D eigenvalue weighted by molar-refractivity contribution is 5.89. The summed E-state index contributed by atoms with van der Waals surface area (Å²) in [6, 6.07) is 14.4. The Hall–Kier alpha value is -3.22. The predicted molar refractivity (Wildman–Crippen MR) is 102 cm³/mol. The smallest absolute Gasteiger partial charge is 0.319 e. The highest BCUT2D eigenvalue weighted by atomic mass is 16.5. The Bertz CT molecular complexity index is 795. The summed E-state index contributed by atoms with van der Waals surface area (Å²) >= 11 is 0. The quantitative estimate of drug-likeness (QED) is 0.849. The molecule has 0 radical (unpaired) electrons. The van der Waals surface area contributed by atoms with Gasteiger partial charge in [0.15, 0.2) is 6.61 Å². The van der Waals surface area contributed by atoms with E-state index in [4.69, 9.17) is 9.47 Å². The van der Waals surface area contributed by atoms with Gasteiger partial charge in [-0.3, -0.25) is 4.79 Å². The Morgan fingerprint density at radius 3 is 2.78 bits per heavy atom. The van der Waals surface area contributed by atoms with Crippen LogP contribution in [-0.2, 0) is 11.3 Å². The van der Waals surface area contributed by atoms with Crippen molar-refractivity contribution in [2.75, 3.05) is 31.6 Å². The van der Waals surface area contributed by atoms with Gasteiger partial charge in [-0.1, -0.05) is 18.2 Å². The molecule has 1 aliphatic rings. The minimum atomic E-state index is -0.267. The van der Waals surface area contributed by atoms with Crippen molar-refractivity contribution < 1.29 is 19.1 Å². The zero-order valence-electron chi connectivity index (χ0n) is 15.2. The molecule has 0 saturated carbocycles. The molecule has 2 N–H and O–H groups in total. The molecule has 0 aliphatic carbocycles. The van der Waals surface area contributed by atoms with Crippen molar-refractivity contribution in [3.8, 4) is 11.5 Å². The van der Waals surface area contributed by atoms with Crippen molar-refractivity contribution >= 4 is 17.6 Å². The second kappa shape index (κ2) is 8.93. The topological polar surface area (TPSA) is 79.9 Å². The summed E-state index contributed by atoms with van der Waals surface area (Å²) in [7, 11) is 0. The van der Waals surface area contributed by atoms with E-state index in [1.807, 2.05) is 49.4 Å². The van der Waals surface area contributed by atoms with Crippen LogP contribution in [0.4, 0.5) is 10.5 Å². The first kappa shape index (κ1) is 18.6. The molecule has 0 atom stereocenters. The first-order valence-electron chi connectivity index (χ1n) is 8.92. The molecule has 27 heavy (non-hydrogen) atoms. The number of rotatable bonds is 5. The van der Waals surface area contributed by atoms with E-state index in [0.717, 1.165) is 11.3 Å². The molecular weight excluding hydrogens is 346 g/mol. The Labute approximate surface area is 158 Å². The van der Waals surface area contributed by atoms with E-state index < -0.39 is 0 Å². The lowest BCUT2D eigenvalue weighted by Gasteiger charge is -2.20. The van der Waals surface area contributed by atoms with Crippen molar-refractivity contribution in [1.29, 1.82) is 0 Å². The SMILES string of the molecule is CCNC(=O)Nc1ccc2c(c1)CN(C(=O)COc1ccccc1)CCO2. The van der Waals surface area contributed by atoms with E-state index >= 15 is 0 Å². The second-order valence-corrected chi connectivity index (χ2v) is 6.07. The molecule has 7 heteroatoms. The Kier molecular flexibility index (Phi) is 6.14. The number of urea groups is 1. The fourth-order valence-corrected chi connectivity index (χ4v) is 2.77. The summed E-state index contributed by atoms with van der Waals surface area (Å²) in [6.07, 6.45) is 0. The number of nitrogens with zero attached hydrogens (tertiary/aromatic N) is 1. The van der Waals surface area contributed by atoms with Crippen LogP contribution in [0.3, 0.4) is 0 Å². The average molecular weight is 369 g/mol. The highest BCUT2D eigenvalue weighted by Gasteiger charge is 2.21. The molecular formula is C20H23N3O4. The summed E-state index contributed by atoms with van der Waals surface area (Å²) in [5, 5.41) is 5.45. The molecule has 7 nitrogen and oxygen atoms in total. The van der Waals surface area contributed by atoms with E-state index in [0.29, 0.717) is 37.7 Å². The fraction of sp³-hybridized carbons (Fsp3) is 0.300. The van der Waals surface area contributed by atoms with E-state index in [2.05, 4.69) is 10.6 Å². The van der Waals surface area contributed by atoms with Gasteiger partial charge < -0.3 is 25.0 Å². The highest BCUT2D eigenvalue weighted by Crippen LogP contribution is 2.26. The number of nitrogens with one attached hydrogen (secondary N) is 2. The summed E-state index contributed by atoms with van der Waals surface area (Å²) in [5.41, 5.74) is 1.49. The number of hydrogen-bond donors (Lipinski definition) is 2. The lowest BCUT2D eigenvalue weighted by molar-refractivity contribution is -0.134. The van der Waals surface area contributed by atoms with Gasteiger partial charge in [-0.25, -0.2) is 4.79 Å². The van der Waals surface area contributed by atoms with Crippen LogP contribution in [0, 0.1) is 0 Å². The third-order valence-corrected chi connectivity index (χ3v) is 4.09. The fourth-order valence-electron chi connectivity index (χ4n) is 2.77. The standard InChI is InChI=1S/C20H23N3O4/c1-2-21-20(25)22-16-8-9-18-15(12-16)13-23(10-11-26-18)19(24)14-27-17-6-4-3-5-7-17/h3-9,12H,2,10-11,13-14H2,1H3,(H2,21,22,25). The second-order valence-electron chi connectivity index (χ2n) is 6.07. The van der Waals surface area contributed by atoms with Gasteiger partial charge in [-0.05, 0) is 37.3 Å². The zero-order chi connectivity index (χ0) is 19.1. The third-order valence-electron chi connectivity index (χ3n) is 4.09. The van der Waals surface area contributed by atoms with Gasteiger partial charge in [0, 0.05) is 24.3 Å². The summed E-state index contributed by atoms with van der Waals surface area (Å²) in [4.78, 5) is 26.0. The van der Waals surface area contributed by atoms with Crippen LogP contribution in [0.1, 0.15) is 12.5 Å². The van der Waals surface area contributed by atoms with Gasteiger partial charge in [-0.2, -0.15) is 0 Å². The van der Waals surface area contributed by atoms with Crippen LogP contribution >= 0.6 is 0 Å². The molecule has 0 unspecified atom stereocenters. The van der Waals surface area contributed by atoms with E-state index in [1.54, 1.807) is 11.0 Å². The number of amides is 3. The van der Waals surface area contributed by atoms with Gasteiger partial charge in [0.25, 0.3) is 5.91 Å². The maximum Gasteiger partial charge on any atom is 0.319 e. The van der Waals surface area contributed by atoms with Crippen molar-refractivity contribution in [3.63, 3.8) is 0 Å². The number of hydrogen-bond acceptors (Lipinski definition) is 4. The summed E-state index contributed by atoms with van der Waals surface area (Å²) in [6.45, 7) is 3.65. The molecule has 2 aromatic carbocycles. The van der Waals surface area contributed by atoms with Crippen LogP contribution < -0.4 is 20.1 Å². The molecule has 3 amide bonds. The maximum absolute atomic E-state index is 12.5. The van der Waals surface area contributed by atoms with Crippen LogP contribution in [0.2, 0.25) is 0 Å². The zero-order valence-corrected chi connectivity index (χ0v) is 15.2. The maximum atomic E-state index is 12.5. The van der Waals surface area contributed by atoms with Crippen LogP contribution in [0.15, 0.2) is 48.5 Å². The number of benzene rings is 2. The molecule has 142 valence electrons. The first-order chi connectivity index (χ1) is 13.2.